The van der Waals surface area contributed by atoms with Gasteiger partial charge in [0.15, 0.2) is 0 Å². The van der Waals surface area contributed by atoms with Gasteiger partial charge < -0.3 is 5.11 Å². The van der Waals surface area contributed by atoms with Crippen molar-refractivity contribution in [1.29, 1.82) is 0 Å². The first-order chi connectivity index (χ1) is 4.20. The van der Waals surface area contributed by atoms with Gasteiger partial charge in [0.25, 0.3) is 0 Å². The fourth-order valence-corrected chi connectivity index (χ4v) is 0.337. The summed E-state index contributed by atoms with van der Waals surface area (Å²) < 4.78 is 0. The second-order valence-electron chi connectivity index (χ2n) is 1.33. The lowest BCUT2D eigenvalue weighted by Crippen LogP contribution is -2.23. The Labute approximate surface area is 53.3 Å². The van der Waals surface area contributed by atoms with E-state index >= 15 is 0 Å². The van der Waals surface area contributed by atoms with E-state index < -0.39 is 5.97 Å². The number of hydroxylamine groups is 2. The van der Waals surface area contributed by atoms with Crippen molar-refractivity contribution in [1.82, 2.24) is 5.06 Å². The molecule has 0 heterocycles. The molecule has 0 rings (SSSR count). The zero-order valence-corrected chi connectivity index (χ0v) is 5.20. The Morgan fingerprint density at radius 1 is 2.00 bits per heavy atom. The van der Waals surface area contributed by atoms with Crippen LogP contribution in [-0.4, -0.2) is 29.8 Å². The van der Waals surface area contributed by atoms with Gasteiger partial charge in [0.05, 0.1) is 7.11 Å². The van der Waals surface area contributed by atoms with Crippen LogP contribution in [0, 0.1) is 0 Å². The Hall–Kier alpha value is -1.03. The summed E-state index contributed by atoms with van der Waals surface area (Å²) >= 11 is 0. The number of hydrogen-bond donors (Lipinski definition) is 1. The van der Waals surface area contributed by atoms with Crippen LogP contribution >= 0.6 is 0 Å². The second kappa shape index (κ2) is 3.91. The minimum atomic E-state index is -0.947. The molecule has 52 valence electrons. The highest BCUT2D eigenvalue weighted by atomic mass is 16.7. The summed E-state index contributed by atoms with van der Waals surface area (Å²) in [5, 5.41) is 9.29. The van der Waals surface area contributed by atoms with Crippen LogP contribution < -0.4 is 0 Å². The lowest BCUT2D eigenvalue weighted by atomic mass is 10.6. The standard InChI is InChI=1S/C5H9NO3/c1-3-6(9-2)4-5(7)8/h3H,1,4H2,2H3,(H,7,8). The molecule has 0 aliphatic rings. The Balaban J connectivity index is 3.55. The number of nitrogens with zero attached hydrogens (tertiary/aromatic N) is 1. The molecule has 0 aromatic carbocycles. The van der Waals surface area contributed by atoms with Crippen molar-refractivity contribution in [2.45, 2.75) is 0 Å². The van der Waals surface area contributed by atoms with E-state index in [-0.39, 0.29) is 6.54 Å². The maximum Gasteiger partial charge on any atom is 0.325 e. The normalized spacial score (nSPS) is 8.56. The molecule has 0 aliphatic heterocycles. The largest absolute Gasteiger partial charge is 0.480 e. The molecule has 0 aromatic heterocycles. The zero-order chi connectivity index (χ0) is 7.28. The molecular formula is C5H9NO3. The minimum Gasteiger partial charge on any atom is -0.480 e. The molecule has 0 unspecified atom stereocenters. The highest BCUT2D eigenvalue weighted by Crippen LogP contribution is 1.85. The van der Waals surface area contributed by atoms with E-state index in [0.29, 0.717) is 0 Å². The average Bonchev–Trinajstić information content (AvgIpc) is 1.82. The Kier molecular flexibility index (Phi) is 3.46. The van der Waals surface area contributed by atoms with Crippen LogP contribution in [0.2, 0.25) is 0 Å². The first-order valence-electron chi connectivity index (χ1n) is 2.35. The molecule has 4 nitrogen and oxygen atoms in total. The van der Waals surface area contributed by atoms with Gasteiger partial charge in [-0.2, -0.15) is 0 Å². The van der Waals surface area contributed by atoms with Gasteiger partial charge in [0, 0.05) is 6.20 Å². The topological polar surface area (TPSA) is 49.8 Å². The maximum absolute atomic E-state index is 9.96. The van der Waals surface area contributed by atoms with Crippen LogP contribution in [0.15, 0.2) is 12.8 Å². The van der Waals surface area contributed by atoms with Gasteiger partial charge in [-0.1, -0.05) is 6.58 Å². The number of carbonyl (C=O) groups is 1. The smallest absolute Gasteiger partial charge is 0.325 e. The minimum absolute atomic E-state index is 0.181. The van der Waals surface area contributed by atoms with Crippen LogP contribution in [-0.2, 0) is 9.63 Å². The monoisotopic (exact) mass is 131 g/mol. The maximum atomic E-state index is 9.96. The van der Waals surface area contributed by atoms with Gasteiger partial charge >= 0.3 is 5.97 Å². The quantitative estimate of drug-likeness (QED) is 0.549. The highest BCUT2D eigenvalue weighted by Gasteiger charge is 2.00. The summed E-state index contributed by atoms with van der Waals surface area (Å²) in [6.07, 6.45) is 1.30. The molecular weight excluding hydrogens is 122 g/mol. The molecule has 0 saturated carbocycles. The summed E-state index contributed by atoms with van der Waals surface area (Å²) in [7, 11) is 1.38. The van der Waals surface area contributed by atoms with Gasteiger partial charge in [-0.05, 0) is 0 Å². The lowest BCUT2D eigenvalue weighted by Gasteiger charge is -2.12. The predicted octanol–water partition coefficient (Wildman–Crippen LogP) is 0.0779. The third-order valence-corrected chi connectivity index (χ3v) is 0.729. The molecule has 1 N–H and O–H groups in total. The molecule has 0 amide bonds. The number of hydrogen-bond acceptors (Lipinski definition) is 3. The van der Waals surface area contributed by atoms with Gasteiger partial charge in [0.2, 0.25) is 0 Å². The fraction of sp³-hybridized carbons (Fsp3) is 0.400. The van der Waals surface area contributed by atoms with Crippen LogP contribution in [0.25, 0.3) is 0 Å². The van der Waals surface area contributed by atoms with Crippen molar-refractivity contribution in [3.63, 3.8) is 0 Å². The first-order valence-corrected chi connectivity index (χ1v) is 2.35. The van der Waals surface area contributed by atoms with Crippen molar-refractivity contribution >= 4 is 5.97 Å². The van der Waals surface area contributed by atoms with Crippen molar-refractivity contribution in [3.05, 3.63) is 12.8 Å². The molecule has 9 heavy (non-hydrogen) atoms. The van der Waals surface area contributed by atoms with Gasteiger partial charge in [-0.25, -0.2) is 0 Å². The number of rotatable bonds is 4. The number of carboxylic acids is 1. The van der Waals surface area contributed by atoms with E-state index in [1.165, 1.54) is 13.3 Å². The highest BCUT2D eigenvalue weighted by molar-refractivity contribution is 5.69. The molecule has 0 radical (unpaired) electrons. The molecule has 0 saturated heterocycles. The summed E-state index contributed by atoms with van der Waals surface area (Å²) in [5.41, 5.74) is 0. The Morgan fingerprint density at radius 2 is 2.56 bits per heavy atom. The van der Waals surface area contributed by atoms with E-state index in [1.807, 2.05) is 0 Å². The van der Waals surface area contributed by atoms with Gasteiger partial charge in [-0.15, -0.1) is 0 Å². The second-order valence-corrected chi connectivity index (χ2v) is 1.33. The third kappa shape index (κ3) is 3.54. The number of carboxylic acid groups (broad SMARTS) is 1. The summed E-state index contributed by atoms with van der Waals surface area (Å²) in [6, 6.07) is 0. The van der Waals surface area contributed by atoms with Crippen LogP contribution in [0.4, 0.5) is 0 Å². The summed E-state index contributed by atoms with van der Waals surface area (Å²) in [4.78, 5) is 14.5. The summed E-state index contributed by atoms with van der Waals surface area (Å²) in [6.45, 7) is 3.14. The molecule has 0 aliphatic carbocycles. The van der Waals surface area contributed by atoms with Gasteiger partial charge in [-0.3, -0.25) is 14.7 Å². The van der Waals surface area contributed by atoms with Crippen LogP contribution in [0.1, 0.15) is 0 Å². The lowest BCUT2D eigenvalue weighted by molar-refractivity contribution is -0.151. The van der Waals surface area contributed by atoms with E-state index in [1.54, 1.807) is 0 Å². The average molecular weight is 131 g/mol. The van der Waals surface area contributed by atoms with E-state index in [9.17, 15) is 4.79 Å². The van der Waals surface area contributed by atoms with E-state index in [4.69, 9.17) is 5.11 Å². The van der Waals surface area contributed by atoms with Crippen molar-refractivity contribution in [2.75, 3.05) is 13.7 Å². The SMILES string of the molecule is C=CN(CC(=O)O)OC. The first kappa shape index (κ1) is 7.97. The molecule has 4 heteroatoms. The molecule has 0 fully saturated rings. The van der Waals surface area contributed by atoms with Crippen molar-refractivity contribution in [2.24, 2.45) is 0 Å². The number of aliphatic carboxylic acids is 1. The zero-order valence-electron chi connectivity index (χ0n) is 5.20. The molecule has 0 bridgehead atoms. The molecule has 0 aromatic rings. The Morgan fingerprint density at radius 3 is 2.67 bits per heavy atom. The van der Waals surface area contributed by atoms with Crippen molar-refractivity contribution < 1.29 is 14.7 Å². The molecule has 0 atom stereocenters. The Bertz CT molecular complexity index is 113. The summed E-state index contributed by atoms with van der Waals surface area (Å²) in [5.74, 6) is -0.947. The third-order valence-electron chi connectivity index (χ3n) is 0.729. The predicted molar refractivity (Wildman–Crippen MR) is 31.5 cm³/mol. The van der Waals surface area contributed by atoms with E-state index in [2.05, 4.69) is 11.4 Å². The fourth-order valence-electron chi connectivity index (χ4n) is 0.337. The van der Waals surface area contributed by atoms with E-state index in [0.717, 1.165) is 5.06 Å². The molecule has 0 spiro atoms. The van der Waals surface area contributed by atoms with Crippen LogP contribution in [0.3, 0.4) is 0 Å². The van der Waals surface area contributed by atoms with Crippen molar-refractivity contribution in [3.8, 4) is 0 Å². The van der Waals surface area contributed by atoms with Gasteiger partial charge in [0.1, 0.15) is 6.54 Å². The van der Waals surface area contributed by atoms with Crippen LogP contribution in [0.5, 0.6) is 0 Å².